The fourth-order valence-corrected chi connectivity index (χ4v) is 3.51. The van der Waals surface area contributed by atoms with Gasteiger partial charge >= 0.3 is 0 Å². The van der Waals surface area contributed by atoms with Crippen LogP contribution in [-0.2, 0) is 4.79 Å². The zero-order valence-corrected chi connectivity index (χ0v) is 14.5. The molecule has 128 valence electrons. The zero-order valence-electron chi connectivity index (χ0n) is 13.6. The van der Waals surface area contributed by atoms with Crippen LogP contribution in [0, 0.1) is 17.8 Å². The van der Waals surface area contributed by atoms with Crippen molar-refractivity contribution >= 4 is 18.3 Å². The van der Waals surface area contributed by atoms with Gasteiger partial charge in [-0.1, -0.05) is 37.3 Å². The van der Waals surface area contributed by atoms with Crippen LogP contribution in [-0.4, -0.2) is 42.1 Å². The van der Waals surface area contributed by atoms with E-state index < -0.39 is 6.10 Å². The quantitative estimate of drug-likeness (QED) is 0.885. The number of carbonyl (C=O) groups is 1. The highest BCUT2D eigenvalue weighted by atomic mass is 35.5. The van der Waals surface area contributed by atoms with Crippen LogP contribution in [0.3, 0.4) is 0 Å². The van der Waals surface area contributed by atoms with Crippen LogP contribution in [0.25, 0.3) is 0 Å². The lowest BCUT2D eigenvalue weighted by molar-refractivity contribution is -0.139. The number of halogens is 1. The number of likely N-dealkylation sites (tertiary alicyclic amines) is 1. The van der Waals surface area contributed by atoms with Crippen molar-refractivity contribution < 1.29 is 9.90 Å². The number of hydrogen-bond donors (Lipinski definition) is 2. The van der Waals surface area contributed by atoms with Crippen molar-refractivity contribution in [1.29, 1.82) is 0 Å². The van der Waals surface area contributed by atoms with E-state index in [9.17, 15) is 9.90 Å². The second-order valence-electron chi connectivity index (χ2n) is 6.73. The predicted molar refractivity (Wildman–Crippen MR) is 93.5 cm³/mol. The van der Waals surface area contributed by atoms with Crippen LogP contribution in [0.2, 0.25) is 0 Å². The molecular weight excluding hydrogens is 312 g/mol. The number of piperidine rings is 1. The van der Waals surface area contributed by atoms with Gasteiger partial charge in [0.25, 0.3) is 0 Å². The number of benzene rings is 1. The summed E-state index contributed by atoms with van der Waals surface area (Å²) in [6.07, 6.45) is 1.36. The summed E-state index contributed by atoms with van der Waals surface area (Å²) in [4.78, 5) is 14.5. The average Bonchev–Trinajstić information content (AvgIpc) is 2.53. The standard InChI is InChI=1S/C18H26N2O2.ClH/c1-13(16-11-19-12-16)18(22)20-9-7-15(8-10-20)17(21)14-5-3-2-4-6-14;/h2-6,13,15-17,19,21H,7-12H2,1H3;1H. The van der Waals surface area contributed by atoms with Gasteiger partial charge in [-0.15, -0.1) is 12.4 Å². The monoisotopic (exact) mass is 338 g/mol. The minimum absolute atomic E-state index is 0. The van der Waals surface area contributed by atoms with E-state index in [1.807, 2.05) is 35.2 Å². The first-order valence-electron chi connectivity index (χ1n) is 8.39. The third-order valence-electron chi connectivity index (χ3n) is 5.35. The summed E-state index contributed by atoms with van der Waals surface area (Å²) in [5.74, 6) is 1.17. The third kappa shape index (κ3) is 4.06. The fourth-order valence-electron chi connectivity index (χ4n) is 3.51. The predicted octanol–water partition coefficient (Wildman–Crippen LogP) is 2.24. The van der Waals surface area contributed by atoms with Gasteiger partial charge in [-0.25, -0.2) is 0 Å². The largest absolute Gasteiger partial charge is 0.388 e. The van der Waals surface area contributed by atoms with E-state index in [0.717, 1.165) is 44.6 Å². The zero-order chi connectivity index (χ0) is 15.5. The summed E-state index contributed by atoms with van der Waals surface area (Å²) in [5, 5.41) is 13.7. The molecule has 0 radical (unpaired) electrons. The Hall–Kier alpha value is -1.10. The Morgan fingerprint density at radius 3 is 2.30 bits per heavy atom. The normalized spacial score (nSPS) is 21.9. The fraction of sp³-hybridized carbons (Fsp3) is 0.611. The van der Waals surface area contributed by atoms with Crippen molar-refractivity contribution in [2.45, 2.75) is 25.9 Å². The summed E-state index contributed by atoms with van der Waals surface area (Å²) in [6.45, 7) is 5.54. The molecule has 2 saturated heterocycles. The van der Waals surface area contributed by atoms with Crippen molar-refractivity contribution in [3.63, 3.8) is 0 Å². The maximum atomic E-state index is 12.5. The van der Waals surface area contributed by atoms with E-state index in [1.165, 1.54) is 0 Å². The Bertz CT molecular complexity index is 499. The maximum absolute atomic E-state index is 12.5. The molecule has 5 heteroatoms. The summed E-state index contributed by atoms with van der Waals surface area (Å²) in [6, 6.07) is 9.85. The first kappa shape index (κ1) is 18.2. The van der Waals surface area contributed by atoms with E-state index >= 15 is 0 Å². The molecule has 2 atom stereocenters. The second kappa shape index (κ2) is 8.13. The van der Waals surface area contributed by atoms with Crippen LogP contribution in [0.15, 0.2) is 30.3 Å². The molecule has 0 aromatic heterocycles. The summed E-state index contributed by atoms with van der Waals surface area (Å²) in [5.41, 5.74) is 0.987. The topological polar surface area (TPSA) is 52.6 Å². The number of aliphatic hydroxyl groups is 1. The highest BCUT2D eigenvalue weighted by molar-refractivity contribution is 5.85. The Balaban J connectivity index is 0.00000192. The van der Waals surface area contributed by atoms with E-state index in [-0.39, 0.29) is 24.2 Å². The lowest BCUT2D eigenvalue weighted by Crippen LogP contribution is -2.51. The van der Waals surface area contributed by atoms with Crippen molar-refractivity contribution in [2.75, 3.05) is 26.2 Å². The summed E-state index contributed by atoms with van der Waals surface area (Å²) in [7, 11) is 0. The molecule has 4 nitrogen and oxygen atoms in total. The van der Waals surface area contributed by atoms with Crippen LogP contribution >= 0.6 is 12.4 Å². The molecule has 0 aliphatic carbocycles. The highest BCUT2D eigenvalue weighted by Gasteiger charge is 2.34. The molecule has 2 aliphatic heterocycles. The van der Waals surface area contributed by atoms with Gasteiger partial charge in [0.05, 0.1) is 6.10 Å². The lowest BCUT2D eigenvalue weighted by Gasteiger charge is -2.39. The van der Waals surface area contributed by atoms with Crippen molar-refractivity contribution in [2.24, 2.45) is 17.8 Å². The molecule has 2 unspecified atom stereocenters. The van der Waals surface area contributed by atoms with Crippen LogP contribution in [0.1, 0.15) is 31.4 Å². The van der Waals surface area contributed by atoms with Crippen molar-refractivity contribution in [1.82, 2.24) is 10.2 Å². The molecular formula is C18H27ClN2O2. The molecule has 2 heterocycles. The molecule has 1 aromatic carbocycles. The number of rotatable bonds is 4. The molecule has 1 amide bonds. The van der Waals surface area contributed by atoms with Crippen LogP contribution in [0.4, 0.5) is 0 Å². The maximum Gasteiger partial charge on any atom is 0.225 e. The molecule has 0 saturated carbocycles. The Kier molecular flexibility index (Phi) is 6.45. The highest BCUT2D eigenvalue weighted by Crippen LogP contribution is 2.31. The average molecular weight is 339 g/mol. The van der Waals surface area contributed by atoms with Crippen LogP contribution < -0.4 is 5.32 Å². The lowest BCUT2D eigenvalue weighted by atomic mass is 9.85. The van der Waals surface area contributed by atoms with Crippen LogP contribution in [0.5, 0.6) is 0 Å². The SMILES string of the molecule is CC(C(=O)N1CCC(C(O)c2ccccc2)CC1)C1CNC1.Cl. The third-order valence-corrected chi connectivity index (χ3v) is 5.35. The number of carbonyl (C=O) groups excluding carboxylic acids is 1. The minimum Gasteiger partial charge on any atom is -0.388 e. The van der Waals surface area contributed by atoms with Gasteiger partial charge in [-0.3, -0.25) is 4.79 Å². The summed E-state index contributed by atoms with van der Waals surface area (Å²) < 4.78 is 0. The number of nitrogens with one attached hydrogen (secondary N) is 1. The van der Waals surface area contributed by atoms with E-state index in [4.69, 9.17) is 0 Å². The summed E-state index contributed by atoms with van der Waals surface area (Å²) >= 11 is 0. The van der Waals surface area contributed by atoms with Gasteiger partial charge in [-0.2, -0.15) is 0 Å². The molecule has 23 heavy (non-hydrogen) atoms. The Labute approximate surface area is 144 Å². The minimum atomic E-state index is -0.410. The number of aliphatic hydroxyl groups excluding tert-OH is 1. The van der Waals surface area contributed by atoms with Crippen molar-refractivity contribution in [3.05, 3.63) is 35.9 Å². The van der Waals surface area contributed by atoms with Gasteiger partial charge in [-0.05, 0) is 43.3 Å². The molecule has 3 rings (SSSR count). The smallest absolute Gasteiger partial charge is 0.225 e. The Morgan fingerprint density at radius 2 is 1.78 bits per heavy atom. The van der Waals surface area contributed by atoms with Gasteiger partial charge in [0.2, 0.25) is 5.91 Å². The first-order chi connectivity index (χ1) is 10.7. The van der Waals surface area contributed by atoms with Gasteiger partial charge in [0.1, 0.15) is 0 Å². The first-order valence-corrected chi connectivity index (χ1v) is 8.39. The van der Waals surface area contributed by atoms with Crippen molar-refractivity contribution in [3.8, 4) is 0 Å². The van der Waals surface area contributed by atoms with E-state index in [0.29, 0.717) is 11.8 Å². The molecule has 1 aromatic rings. The van der Waals surface area contributed by atoms with Gasteiger partial charge < -0.3 is 15.3 Å². The van der Waals surface area contributed by atoms with Gasteiger partial charge in [0.15, 0.2) is 0 Å². The number of amides is 1. The van der Waals surface area contributed by atoms with Gasteiger partial charge in [0, 0.05) is 19.0 Å². The second-order valence-corrected chi connectivity index (χ2v) is 6.73. The molecule has 2 N–H and O–H groups in total. The van der Waals surface area contributed by atoms with E-state index in [1.54, 1.807) is 0 Å². The number of nitrogens with zero attached hydrogens (tertiary/aromatic N) is 1. The molecule has 0 spiro atoms. The Morgan fingerprint density at radius 1 is 1.17 bits per heavy atom. The van der Waals surface area contributed by atoms with E-state index in [2.05, 4.69) is 12.2 Å². The molecule has 2 aliphatic rings. The molecule has 0 bridgehead atoms. The number of hydrogen-bond acceptors (Lipinski definition) is 3. The molecule has 2 fully saturated rings.